The van der Waals surface area contributed by atoms with Crippen LogP contribution < -0.4 is 115 Å². The van der Waals surface area contributed by atoms with Gasteiger partial charge in [-0.3, -0.25) is 18.4 Å². The normalized spacial score (nSPS) is 11.5. The fourth-order valence-electron chi connectivity index (χ4n) is 12.1. The van der Waals surface area contributed by atoms with E-state index in [1.54, 1.807) is 93.6 Å². The number of ketones is 2. The number of anilines is 2. The molecule has 0 saturated carbocycles. The predicted molar refractivity (Wildman–Crippen MR) is 579 cm³/mol. The molecule has 0 saturated heterocycles. The van der Waals surface area contributed by atoms with Crippen LogP contribution in [0.1, 0.15) is 135 Å². The molecule has 0 radical (unpaired) electrons. The molecule has 12 heterocycles. The van der Waals surface area contributed by atoms with E-state index in [-0.39, 0.29) is 221 Å². The van der Waals surface area contributed by atoms with Gasteiger partial charge in [0.05, 0.1) is 13.2 Å². The second-order valence-corrected chi connectivity index (χ2v) is 51.2. The van der Waals surface area contributed by atoms with E-state index in [1.165, 1.54) is 31.6 Å². The van der Waals surface area contributed by atoms with Crippen molar-refractivity contribution < 1.29 is 168 Å². The minimum atomic E-state index is -4.08. The van der Waals surface area contributed by atoms with Gasteiger partial charge in [-0.25, -0.2) is 13.1 Å². The number of carbonyl (C=O) groups excluding carboxylic acids is 4. The van der Waals surface area contributed by atoms with Crippen molar-refractivity contribution in [2.24, 2.45) is 0 Å². The van der Waals surface area contributed by atoms with Crippen LogP contribution in [0.3, 0.4) is 0 Å². The van der Waals surface area contributed by atoms with Crippen molar-refractivity contribution >= 4 is 214 Å². The van der Waals surface area contributed by atoms with Crippen LogP contribution in [-0.2, 0) is 71.8 Å². The van der Waals surface area contributed by atoms with Crippen LogP contribution in [0.25, 0.3) is 42.1 Å². The molecular formula is C103H107Cl3KN4O26P3SSe6. The third-order valence-corrected chi connectivity index (χ3v) is 33.8. The number of aromatic carboxylic acids is 1. The molecule has 4 aliphatic heterocycles. The first-order chi connectivity index (χ1) is 68.0. The van der Waals surface area contributed by atoms with Crippen LogP contribution in [-0.4, -0.2) is 181 Å². The fraction of sp³-hybridized carbons (Fsp3) is 0.194. The number of nitrogens with one attached hydrogen (secondary N) is 2. The standard InChI is InChI=1S/C28H22NO6PSe.C16H20O5P2.C14H11NO4Se.C14H9NO3Se.C9H9NO3.C5H3ClOSe.C5H4O2Se.C4H9O.C4H4Se.4CH4.Cl2OS.K/c30-36(33-17-20-8-3-1-4-9-20,34-18-21-10-5-2-6-11-21)35-25-16-24(28-12-7-13-37-28)29-23-15-27-26(14-22(23)25)31-19-32-27;1-22(2,17)21-23(18,19-13-15-9-5-3-6-10-15)20-14-16-11-7-4-8-12-16;1-8(16)9-5-11-12(19-7-18-11)6-10(9)15-14(17)13-3-2-4-20-13;16-11-5-10(14-2-1-3-19-14)15-9-6-13-12(4-8(9)11)17-7-18-13;1-5(11)6-2-8-9(3-7(6)10)13-4-12-8;2*6-5(7)4-2-1-3-8-4;1-4(2,3)5;1-2-4-5-3-1;;;;;1-4(2)3;/h1-16H,17-19H2;3-12H,13-14H2,1-2H3;2-6H,7H2,1H3,(H,15,17);1-6H,7H2,(H,15,16);2-3H,4,10H2,1H3;1-3H;1-3H,(H,6,7);1-3H3;1-4H;4*1H4;;/q;;;;;;;-1;;;;;;;+1. The van der Waals surface area contributed by atoms with Crippen LogP contribution in [0, 0.1) is 0 Å². The molecular weight excluding hydrogens is 2450 g/mol. The number of H-pyrrole nitrogens is 1. The van der Waals surface area contributed by atoms with Gasteiger partial charge in [-0.1, -0.05) is 111 Å². The van der Waals surface area contributed by atoms with Crippen LogP contribution >= 0.6 is 56.0 Å². The van der Waals surface area contributed by atoms with Crippen molar-refractivity contribution in [3.63, 3.8) is 0 Å². The van der Waals surface area contributed by atoms with E-state index in [2.05, 4.69) is 63.6 Å². The molecule has 147 heavy (non-hydrogen) atoms. The number of ether oxygens (including phenoxy) is 8. The number of carboxylic acids is 1. The molecule has 0 fully saturated rings. The molecule has 0 spiro atoms. The van der Waals surface area contributed by atoms with Gasteiger partial charge in [-0.15, -0.1) is 5.60 Å². The number of Topliss-reactive ketones (excluding diaryl/α,β-unsaturated/α-hetero) is 2. The second-order valence-electron chi connectivity index (χ2n) is 30.5. The Hall–Kier alpha value is -8.57. The third kappa shape index (κ3) is 42.9. The number of carbonyl (C=O) groups is 5. The zero-order valence-electron chi connectivity index (χ0n) is 77.5. The second kappa shape index (κ2) is 63.7. The van der Waals surface area contributed by atoms with Gasteiger partial charge >= 0.3 is 660 Å². The van der Waals surface area contributed by atoms with Gasteiger partial charge in [0, 0.05) is 52.0 Å². The molecule has 1 amide bonds. The number of hydrogen-bond donors (Lipinski definition) is 4. The number of halogens is 3. The van der Waals surface area contributed by atoms with Crippen molar-refractivity contribution in [2.45, 2.75) is 96.4 Å². The maximum absolute atomic E-state index is 14.1. The number of phosphoric ester groups is 2. The molecule has 0 aliphatic carbocycles. The first kappa shape index (κ1) is 127. The number of fused-ring (bicyclic) bond motifs is 6. The molecule has 4 aliphatic rings. The number of pyridine rings is 2. The monoisotopic (exact) mass is 2560 g/mol. The molecule has 8 aromatic carbocycles. The molecule has 30 nitrogen and oxygen atoms in total. The molecule has 0 atom stereocenters. The molecule has 774 valence electrons. The van der Waals surface area contributed by atoms with Gasteiger partial charge in [-0.05, 0) is 24.1 Å². The zero-order valence-corrected chi connectivity index (χ0v) is 96.6. The topological polar surface area (TPSA) is 410 Å². The van der Waals surface area contributed by atoms with Gasteiger partial charge in [0.2, 0.25) is 23.4 Å². The SMILES string of the molecule is C.C.C.C.CC(=O)c1cc2c(cc1N)OCO2.CC(=O)c1cc2c(cc1NC(=O)c1ccc[se]1)OCO2.CC(C)(C)[O-].CP(C)(=O)OP(=O)(OCc1ccccc1)OCc1ccccc1.O=C(Cl)c1ccc[se]1.O=C(O)c1ccc[se]1.O=P(OCc1ccccc1)(OCc1ccccc1)Oc1cc(-c2ccc[se]2)nc2cc3c(cc12)OCO3.O=S(Cl)Cl.O=c1cc(-c2ccc[se]2)[nH]c2cc3c(cc12)OCO3.[K+].c1cc[se]c1. The fourth-order valence-corrected chi connectivity index (χ4v) is 24.0. The van der Waals surface area contributed by atoms with Gasteiger partial charge in [0.1, 0.15) is 0 Å². The van der Waals surface area contributed by atoms with Crippen molar-refractivity contribution in [3.8, 4) is 72.0 Å². The van der Waals surface area contributed by atoms with Crippen LogP contribution in [0.15, 0.2) is 294 Å². The average Bonchev–Trinajstić information content (AvgIpc) is 1.73. The molecule has 5 N–H and O–H groups in total. The summed E-state index contributed by atoms with van der Waals surface area (Å²) in [5.74, 6) is 3.91. The Balaban J connectivity index is 0.000000266. The number of aromatic amines is 1. The predicted octanol–water partition coefficient (Wildman–Crippen LogP) is 19.8. The Labute approximate surface area is 947 Å². The van der Waals surface area contributed by atoms with E-state index in [1.807, 2.05) is 185 Å². The number of nitrogen functional groups attached to an aromatic ring is 1. The molecule has 16 aromatic rings. The van der Waals surface area contributed by atoms with E-state index in [9.17, 15) is 47.6 Å². The van der Waals surface area contributed by atoms with Crippen molar-refractivity contribution in [3.05, 3.63) is 346 Å². The van der Waals surface area contributed by atoms with Crippen LogP contribution in [0.2, 0.25) is 0 Å². The van der Waals surface area contributed by atoms with E-state index in [0.717, 1.165) is 52.5 Å². The summed E-state index contributed by atoms with van der Waals surface area (Å²) in [6, 6.07) is 77.5. The quantitative estimate of drug-likeness (QED) is 0.0143. The van der Waals surface area contributed by atoms with Gasteiger partial charge < -0.3 is 20.3 Å². The van der Waals surface area contributed by atoms with Crippen molar-refractivity contribution in [1.29, 1.82) is 0 Å². The molecule has 44 heteroatoms. The third-order valence-electron chi connectivity index (χ3n) is 18.3. The summed E-state index contributed by atoms with van der Waals surface area (Å²) in [5.41, 5.74) is 13.1. The maximum atomic E-state index is 14.1. The number of nitrogens with two attached hydrogens (primary N) is 1. The summed E-state index contributed by atoms with van der Waals surface area (Å²) >= 11 is 6.65. The van der Waals surface area contributed by atoms with Gasteiger partial charge in [0.15, 0.2) is 17.3 Å². The van der Waals surface area contributed by atoms with Gasteiger partial charge in [0.25, 0.3) is 0 Å². The van der Waals surface area contributed by atoms with Crippen molar-refractivity contribution in [1.82, 2.24) is 9.97 Å². The average molecular weight is 2560 g/mol. The van der Waals surface area contributed by atoms with E-state index in [4.69, 9.17) is 96.5 Å². The number of rotatable bonds is 24. The Morgan fingerprint density at radius 1 is 0.483 bits per heavy atom. The summed E-state index contributed by atoms with van der Waals surface area (Å²) < 4.78 is 128. The van der Waals surface area contributed by atoms with Gasteiger partial charge in [-0.2, -0.15) is 0 Å². The van der Waals surface area contributed by atoms with Crippen LogP contribution in [0.5, 0.6) is 51.7 Å². The summed E-state index contributed by atoms with van der Waals surface area (Å²) in [5, 5.41) is 22.1. The number of benzene rings is 8. The first-order valence-electron chi connectivity index (χ1n) is 42.1. The van der Waals surface area contributed by atoms with Crippen LogP contribution in [0.4, 0.5) is 11.4 Å². The summed E-state index contributed by atoms with van der Waals surface area (Å²) in [4.78, 5) is 90.1. The summed E-state index contributed by atoms with van der Waals surface area (Å²) in [7, 11) is -3.70. The number of amides is 1. The molecule has 0 unspecified atom stereocenters. The van der Waals surface area contributed by atoms with E-state index >= 15 is 0 Å². The molecule has 8 aromatic heterocycles. The van der Waals surface area contributed by atoms with E-state index < -0.39 is 43.8 Å². The van der Waals surface area contributed by atoms with E-state index in [0.29, 0.717) is 124 Å². The Morgan fingerprint density at radius 3 is 1.24 bits per heavy atom. The number of phosphoric acid groups is 2. The van der Waals surface area contributed by atoms with Crippen molar-refractivity contribution in [2.75, 3.05) is 51.6 Å². The number of aromatic nitrogens is 2. The summed E-state index contributed by atoms with van der Waals surface area (Å²) in [6.45, 7) is 11.4. The molecule has 0 bridgehead atoms. The molecule has 20 rings (SSSR count). The Bertz CT molecular complexity index is 6890. The number of carboxylic acid groups (broad SMARTS) is 1. The first-order valence-corrected chi connectivity index (χ1v) is 61.9. The zero-order chi connectivity index (χ0) is 102. The minimum absolute atomic E-state index is 0. The number of hydrogen-bond acceptors (Lipinski definition) is 27. The summed E-state index contributed by atoms with van der Waals surface area (Å²) in [6.07, 6.45) is 0. The number of nitrogens with zero attached hydrogens (tertiary/aromatic N) is 1. The Morgan fingerprint density at radius 2 is 0.857 bits per heavy atom. The Kier molecular flexibility index (Phi) is 55.1.